The molecule has 0 spiro atoms. The zero-order valence-corrected chi connectivity index (χ0v) is 13.7. The van der Waals surface area contributed by atoms with Gasteiger partial charge in [0, 0.05) is 17.7 Å². The van der Waals surface area contributed by atoms with Crippen LogP contribution in [-0.2, 0) is 14.6 Å². The highest BCUT2D eigenvalue weighted by atomic mass is 35.5. The minimum Gasteiger partial charge on any atom is -0.350 e. The van der Waals surface area contributed by atoms with Gasteiger partial charge in [0.15, 0.2) is 9.84 Å². The monoisotopic (exact) mass is 347 g/mol. The maximum Gasteiger partial charge on any atom is 0.221 e. The highest BCUT2D eigenvalue weighted by Gasteiger charge is 2.24. The van der Waals surface area contributed by atoms with Crippen molar-refractivity contribution < 1.29 is 13.2 Å². The van der Waals surface area contributed by atoms with Gasteiger partial charge in [0.1, 0.15) is 0 Å². The van der Waals surface area contributed by atoms with Crippen LogP contribution in [0.2, 0.25) is 10.0 Å². The largest absolute Gasteiger partial charge is 0.350 e. The third-order valence-electron chi connectivity index (χ3n) is 3.27. The lowest BCUT2D eigenvalue weighted by atomic mass is 10.1. The first kappa shape index (κ1) is 16.3. The number of rotatable bonds is 4. The molecule has 1 aromatic rings. The molecule has 0 bridgehead atoms. The number of nitrogens with one attached hydrogen (secondary N) is 1. The topological polar surface area (TPSA) is 63.2 Å². The highest BCUT2D eigenvalue weighted by Crippen LogP contribution is 2.26. The Hall–Kier alpha value is -1.04. The fourth-order valence-corrected chi connectivity index (χ4v) is 3.88. The molecule has 1 amide bonds. The van der Waals surface area contributed by atoms with Gasteiger partial charge in [-0.05, 0) is 24.6 Å². The molecule has 0 aliphatic carbocycles. The SMILES string of the molecule is CC(NC(=O)CC1C=CS(=O)(=O)C1)c1ccc(Cl)c(Cl)c1. The number of allylic oxidation sites excluding steroid dienone is 1. The Labute approximate surface area is 134 Å². The number of benzene rings is 1. The number of halogens is 2. The summed E-state index contributed by atoms with van der Waals surface area (Å²) in [5, 5.41) is 4.89. The van der Waals surface area contributed by atoms with Gasteiger partial charge < -0.3 is 5.32 Å². The van der Waals surface area contributed by atoms with E-state index >= 15 is 0 Å². The van der Waals surface area contributed by atoms with E-state index in [-0.39, 0.29) is 30.0 Å². The van der Waals surface area contributed by atoms with Gasteiger partial charge in [0.25, 0.3) is 0 Å². The van der Waals surface area contributed by atoms with Crippen LogP contribution in [0.4, 0.5) is 0 Å². The molecule has 0 saturated carbocycles. The summed E-state index contributed by atoms with van der Waals surface area (Å²) in [7, 11) is -3.12. The van der Waals surface area contributed by atoms with Crippen LogP contribution < -0.4 is 5.32 Å². The van der Waals surface area contributed by atoms with Gasteiger partial charge in [-0.1, -0.05) is 35.3 Å². The lowest BCUT2D eigenvalue weighted by Crippen LogP contribution is -2.28. The molecule has 2 rings (SSSR count). The summed E-state index contributed by atoms with van der Waals surface area (Å²) in [6, 6.07) is 4.94. The number of amides is 1. The molecule has 114 valence electrons. The lowest BCUT2D eigenvalue weighted by molar-refractivity contribution is -0.122. The zero-order valence-electron chi connectivity index (χ0n) is 11.3. The number of carbonyl (C=O) groups excluding carboxylic acids is 1. The van der Waals surface area contributed by atoms with Crippen molar-refractivity contribution in [3.63, 3.8) is 0 Å². The summed E-state index contributed by atoms with van der Waals surface area (Å²) in [5.74, 6) is -0.446. The second kappa shape index (κ2) is 6.38. The molecule has 1 aliphatic rings. The van der Waals surface area contributed by atoms with Crippen molar-refractivity contribution in [1.29, 1.82) is 0 Å². The van der Waals surface area contributed by atoms with E-state index in [1.165, 1.54) is 5.41 Å². The average Bonchev–Trinajstić information content (AvgIpc) is 2.71. The summed E-state index contributed by atoms with van der Waals surface area (Å²) in [6.07, 6.45) is 1.72. The van der Waals surface area contributed by atoms with Gasteiger partial charge in [0.2, 0.25) is 5.91 Å². The van der Waals surface area contributed by atoms with Gasteiger partial charge in [-0.3, -0.25) is 4.79 Å². The molecular weight excluding hydrogens is 333 g/mol. The second-order valence-corrected chi connectivity index (χ2v) is 7.83. The molecule has 1 heterocycles. The molecule has 1 aromatic carbocycles. The summed E-state index contributed by atoms with van der Waals surface area (Å²) in [6.45, 7) is 1.83. The molecule has 7 heteroatoms. The van der Waals surface area contributed by atoms with Crippen LogP contribution >= 0.6 is 23.2 Å². The molecule has 0 saturated heterocycles. The minimum atomic E-state index is -3.12. The Morgan fingerprint density at radius 3 is 2.67 bits per heavy atom. The number of hydrogen-bond donors (Lipinski definition) is 1. The third-order valence-corrected chi connectivity index (χ3v) is 5.48. The fraction of sp³-hybridized carbons (Fsp3) is 0.357. The predicted octanol–water partition coefficient (Wildman–Crippen LogP) is 3.12. The lowest BCUT2D eigenvalue weighted by Gasteiger charge is -2.16. The van der Waals surface area contributed by atoms with Gasteiger partial charge in [-0.2, -0.15) is 0 Å². The minimum absolute atomic E-state index is 0.00156. The molecular formula is C14H15Cl2NO3S. The molecule has 2 atom stereocenters. The normalized spacial score (nSPS) is 21.2. The molecule has 1 aliphatic heterocycles. The predicted molar refractivity (Wildman–Crippen MR) is 84.1 cm³/mol. The van der Waals surface area contributed by atoms with Crippen molar-refractivity contribution in [2.24, 2.45) is 5.92 Å². The van der Waals surface area contributed by atoms with Crippen molar-refractivity contribution >= 4 is 38.9 Å². The van der Waals surface area contributed by atoms with Gasteiger partial charge in [-0.25, -0.2) is 8.42 Å². The Kier molecular flexibility index (Phi) is 4.96. The quantitative estimate of drug-likeness (QED) is 0.909. The first-order valence-corrected chi connectivity index (χ1v) is 8.89. The molecule has 0 radical (unpaired) electrons. The maximum absolute atomic E-state index is 11.9. The van der Waals surface area contributed by atoms with Crippen molar-refractivity contribution in [2.75, 3.05) is 5.75 Å². The van der Waals surface area contributed by atoms with E-state index in [0.717, 1.165) is 5.56 Å². The van der Waals surface area contributed by atoms with E-state index in [1.54, 1.807) is 24.3 Å². The molecule has 4 nitrogen and oxygen atoms in total. The van der Waals surface area contributed by atoms with Crippen LogP contribution in [0.25, 0.3) is 0 Å². The van der Waals surface area contributed by atoms with E-state index in [9.17, 15) is 13.2 Å². The smallest absolute Gasteiger partial charge is 0.221 e. The summed E-state index contributed by atoms with van der Waals surface area (Å²) < 4.78 is 22.6. The first-order chi connectivity index (χ1) is 9.77. The van der Waals surface area contributed by atoms with Crippen LogP contribution in [0.5, 0.6) is 0 Å². The Morgan fingerprint density at radius 2 is 2.10 bits per heavy atom. The average molecular weight is 348 g/mol. The van der Waals surface area contributed by atoms with Crippen LogP contribution in [0.15, 0.2) is 29.7 Å². The van der Waals surface area contributed by atoms with Crippen LogP contribution in [0.3, 0.4) is 0 Å². The van der Waals surface area contributed by atoms with Crippen LogP contribution in [-0.4, -0.2) is 20.1 Å². The van der Waals surface area contributed by atoms with E-state index in [1.807, 2.05) is 6.92 Å². The number of carbonyl (C=O) groups is 1. The standard InChI is InChI=1S/C14H15Cl2NO3S/c1-9(11-2-3-12(15)13(16)7-11)17-14(18)6-10-4-5-21(19,20)8-10/h2-5,7,9-10H,6,8H2,1H3,(H,17,18). The van der Waals surface area contributed by atoms with Crippen molar-refractivity contribution in [3.05, 3.63) is 45.3 Å². The van der Waals surface area contributed by atoms with E-state index in [2.05, 4.69) is 5.32 Å². The maximum atomic E-state index is 11.9. The third kappa shape index (κ3) is 4.46. The number of sulfone groups is 1. The van der Waals surface area contributed by atoms with E-state index < -0.39 is 9.84 Å². The van der Waals surface area contributed by atoms with Crippen LogP contribution in [0.1, 0.15) is 24.9 Å². The van der Waals surface area contributed by atoms with Crippen molar-refractivity contribution in [2.45, 2.75) is 19.4 Å². The van der Waals surface area contributed by atoms with Crippen molar-refractivity contribution in [3.8, 4) is 0 Å². The van der Waals surface area contributed by atoms with E-state index in [0.29, 0.717) is 10.0 Å². The summed E-state index contributed by atoms with van der Waals surface area (Å²) in [5.41, 5.74) is 0.840. The number of hydrogen-bond acceptors (Lipinski definition) is 3. The molecule has 21 heavy (non-hydrogen) atoms. The van der Waals surface area contributed by atoms with Crippen molar-refractivity contribution in [1.82, 2.24) is 5.32 Å². The van der Waals surface area contributed by atoms with Crippen LogP contribution in [0, 0.1) is 5.92 Å². The zero-order chi connectivity index (χ0) is 15.6. The Balaban J connectivity index is 1.93. The second-order valence-electron chi connectivity index (χ2n) is 5.09. The van der Waals surface area contributed by atoms with E-state index in [4.69, 9.17) is 23.2 Å². The summed E-state index contributed by atoms with van der Waals surface area (Å²) in [4.78, 5) is 11.9. The van der Waals surface area contributed by atoms with Gasteiger partial charge >= 0.3 is 0 Å². The first-order valence-electron chi connectivity index (χ1n) is 6.42. The molecule has 0 aromatic heterocycles. The highest BCUT2D eigenvalue weighted by molar-refractivity contribution is 7.94. The fourth-order valence-electron chi connectivity index (χ4n) is 2.17. The molecule has 0 fully saturated rings. The van der Waals surface area contributed by atoms with Gasteiger partial charge in [0.05, 0.1) is 21.8 Å². The Morgan fingerprint density at radius 1 is 1.38 bits per heavy atom. The Bertz CT molecular complexity index is 685. The molecule has 2 unspecified atom stereocenters. The summed E-state index contributed by atoms with van der Waals surface area (Å²) >= 11 is 11.8. The molecule has 1 N–H and O–H groups in total. The van der Waals surface area contributed by atoms with Gasteiger partial charge in [-0.15, -0.1) is 0 Å².